The number of rotatable bonds is 4. The van der Waals surface area contributed by atoms with E-state index in [9.17, 15) is 14.4 Å². The van der Waals surface area contributed by atoms with E-state index in [-0.39, 0.29) is 11.7 Å². The molecule has 7 heteroatoms. The van der Waals surface area contributed by atoms with Gasteiger partial charge in [0.2, 0.25) is 0 Å². The maximum absolute atomic E-state index is 11.5. The number of hydrogen-bond donors (Lipinski definition) is 1. The van der Waals surface area contributed by atoms with Gasteiger partial charge in [0.15, 0.2) is 0 Å². The molecule has 0 aromatic carbocycles. The Bertz CT molecular complexity index is 366. The third kappa shape index (κ3) is 3.02. The van der Waals surface area contributed by atoms with Gasteiger partial charge in [-0.2, -0.15) is 0 Å². The second-order valence-corrected chi connectivity index (χ2v) is 5.75. The minimum absolute atomic E-state index is 0.359. The number of carbonyl (C=O) groups is 3. The highest BCUT2D eigenvalue weighted by Crippen LogP contribution is 2.45. The molecule has 88 valence electrons. The lowest BCUT2D eigenvalue weighted by Gasteiger charge is -2.18. The zero-order chi connectivity index (χ0) is 12.3. The van der Waals surface area contributed by atoms with Gasteiger partial charge in [0.25, 0.3) is 5.78 Å². The Morgan fingerprint density at radius 1 is 1.31 bits per heavy atom. The Kier molecular flexibility index (Phi) is 4.43. The van der Waals surface area contributed by atoms with Crippen molar-refractivity contribution in [3.8, 4) is 0 Å². The van der Waals surface area contributed by atoms with E-state index in [4.69, 9.17) is 9.84 Å². The fourth-order valence-electron chi connectivity index (χ4n) is 0.911. The summed E-state index contributed by atoms with van der Waals surface area (Å²) in [5, 5.41) is 9.30. The molecule has 1 aliphatic rings. The molecule has 0 aromatic rings. The van der Waals surface area contributed by atoms with Crippen LogP contribution in [-0.4, -0.2) is 34.0 Å². The summed E-state index contributed by atoms with van der Waals surface area (Å²) < 4.78 is 5.26. The predicted molar refractivity (Wildman–Crippen MR) is 60.9 cm³/mol. The van der Waals surface area contributed by atoms with Crippen LogP contribution in [-0.2, 0) is 19.1 Å². The van der Waals surface area contributed by atoms with Crippen molar-refractivity contribution in [2.75, 3.05) is 5.08 Å². The van der Waals surface area contributed by atoms with E-state index in [0.29, 0.717) is 9.32 Å². The number of Topliss-reactive ketones (excluding diaryl/α,β-unsaturated/α-hetero) is 1. The number of esters is 1. The summed E-state index contributed by atoms with van der Waals surface area (Å²) in [7, 11) is 0. The van der Waals surface area contributed by atoms with Gasteiger partial charge in [-0.3, -0.25) is 4.79 Å². The molecular formula is C9H10O5S2. The van der Waals surface area contributed by atoms with Crippen LogP contribution in [0.15, 0.2) is 9.81 Å². The van der Waals surface area contributed by atoms with Crippen molar-refractivity contribution in [2.24, 2.45) is 0 Å². The number of carboxylic acids is 1. The highest BCUT2D eigenvalue weighted by atomic mass is 32.3. The number of carbonyl (C=O) groups excluding carboxylic acids is 2. The Morgan fingerprint density at radius 2 is 1.88 bits per heavy atom. The van der Waals surface area contributed by atoms with Gasteiger partial charge in [0.1, 0.15) is 5.57 Å². The topological polar surface area (TPSA) is 80.7 Å². The standard InChI is InChI=1S/C9H10O5S2/c1-4(2)14-8(13)5(6(10)7(11)12)9-15-3-16-9/h4H,3H2,1-2H3,(H,11,12). The fourth-order valence-corrected chi connectivity index (χ4v) is 2.49. The zero-order valence-corrected chi connectivity index (χ0v) is 10.3. The summed E-state index contributed by atoms with van der Waals surface area (Å²) in [4.78, 5) is 33.4. The van der Waals surface area contributed by atoms with Crippen LogP contribution in [0, 0.1) is 0 Å². The van der Waals surface area contributed by atoms with Crippen molar-refractivity contribution in [3.05, 3.63) is 9.81 Å². The number of ketones is 1. The van der Waals surface area contributed by atoms with E-state index < -0.39 is 17.7 Å². The molecule has 1 aliphatic heterocycles. The third-order valence-electron chi connectivity index (χ3n) is 1.55. The van der Waals surface area contributed by atoms with Crippen LogP contribution < -0.4 is 0 Å². The largest absolute Gasteiger partial charge is 0.475 e. The van der Waals surface area contributed by atoms with Crippen molar-refractivity contribution in [3.63, 3.8) is 0 Å². The van der Waals surface area contributed by atoms with Crippen LogP contribution in [0.1, 0.15) is 13.8 Å². The maximum Gasteiger partial charge on any atom is 0.377 e. The molecule has 1 heterocycles. The van der Waals surface area contributed by atoms with Crippen LogP contribution in [0.5, 0.6) is 0 Å². The molecule has 0 atom stereocenters. The molecule has 16 heavy (non-hydrogen) atoms. The first-order valence-electron chi connectivity index (χ1n) is 4.42. The first-order chi connectivity index (χ1) is 7.43. The van der Waals surface area contributed by atoms with E-state index in [2.05, 4.69) is 0 Å². The average molecular weight is 262 g/mol. The molecule has 0 saturated carbocycles. The molecule has 1 fully saturated rings. The minimum atomic E-state index is -1.64. The molecule has 0 radical (unpaired) electrons. The molecule has 0 aromatic heterocycles. The van der Waals surface area contributed by atoms with Gasteiger partial charge in [-0.05, 0) is 13.8 Å². The smallest absolute Gasteiger partial charge is 0.377 e. The van der Waals surface area contributed by atoms with Crippen molar-refractivity contribution in [1.82, 2.24) is 0 Å². The molecule has 1 N–H and O–H groups in total. The van der Waals surface area contributed by atoms with Gasteiger partial charge in [0.05, 0.1) is 10.3 Å². The van der Waals surface area contributed by atoms with Crippen LogP contribution in [0.2, 0.25) is 0 Å². The summed E-state index contributed by atoms with van der Waals surface area (Å²) in [5.41, 5.74) is -0.359. The summed E-state index contributed by atoms with van der Waals surface area (Å²) in [6.07, 6.45) is -0.389. The second-order valence-electron chi connectivity index (χ2n) is 3.16. The molecule has 0 unspecified atom stereocenters. The van der Waals surface area contributed by atoms with Crippen LogP contribution in [0.25, 0.3) is 0 Å². The van der Waals surface area contributed by atoms with Crippen LogP contribution >= 0.6 is 23.5 Å². The van der Waals surface area contributed by atoms with Crippen molar-refractivity contribution in [1.29, 1.82) is 0 Å². The van der Waals surface area contributed by atoms with Crippen molar-refractivity contribution in [2.45, 2.75) is 20.0 Å². The number of ether oxygens (including phenoxy) is 1. The summed E-state index contributed by atoms with van der Waals surface area (Å²) >= 11 is 2.54. The highest BCUT2D eigenvalue weighted by Gasteiger charge is 2.33. The van der Waals surface area contributed by atoms with Crippen molar-refractivity contribution >= 4 is 41.2 Å². The summed E-state index contributed by atoms with van der Waals surface area (Å²) in [5.74, 6) is -3.71. The molecule has 0 spiro atoms. The number of carboxylic acid groups (broad SMARTS) is 1. The van der Waals surface area contributed by atoms with Gasteiger partial charge in [-0.15, -0.1) is 23.5 Å². The average Bonchev–Trinajstić information content (AvgIpc) is 2.08. The molecule has 1 rings (SSSR count). The van der Waals surface area contributed by atoms with Gasteiger partial charge >= 0.3 is 11.9 Å². The molecule has 0 aliphatic carbocycles. The van der Waals surface area contributed by atoms with E-state index >= 15 is 0 Å². The molecular weight excluding hydrogens is 252 g/mol. The van der Waals surface area contributed by atoms with Gasteiger partial charge in [-0.25, -0.2) is 9.59 Å². The minimum Gasteiger partial charge on any atom is -0.475 e. The summed E-state index contributed by atoms with van der Waals surface area (Å²) in [6.45, 7) is 3.26. The second kappa shape index (κ2) is 5.40. The van der Waals surface area contributed by atoms with Crippen LogP contribution in [0.3, 0.4) is 0 Å². The maximum atomic E-state index is 11.5. The predicted octanol–water partition coefficient (Wildman–Crippen LogP) is 1.24. The number of thioether (sulfide) groups is 2. The van der Waals surface area contributed by atoms with Gasteiger partial charge in [0, 0.05) is 5.08 Å². The quantitative estimate of drug-likeness (QED) is 0.268. The molecule has 0 bridgehead atoms. The Labute approximate surface area is 101 Å². The van der Waals surface area contributed by atoms with E-state index in [1.807, 2.05) is 0 Å². The zero-order valence-electron chi connectivity index (χ0n) is 8.68. The molecule has 5 nitrogen and oxygen atoms in total. The van der Waals surface area contributed by atoms with Gasteiger partial charge in [-0.1, -0.05) is 0 Å². The SMILES string of the molecule is CC(C)OC(=O)C(C(=O)C(=O)O)=C1SCS1. The lowest BCUT2D eigenvalue weighted by molar-refractivity contribution is -0.151. The molecule has 1 saturated heterocycles. The van der Waals surface area contributed by atoms with Crippen molar-refractivity contribution < 1.29 is 24.2 Å². The third-order valence-corrected chi connectivity index (χ3v) is 4.13. The first kappa shape index (κ1) is 13.1. The molecule has 0 amide bonds. The number of hydrogen-bond acceptors (Lipinski definition) is 6. The van der Waals surface area contributed by atoms with E-state index in [1.54, 1.807) is 13.8 Å². The van der Waals surface area contributed by atoms with Gasteiger partial charge < -0.3 is 9.84 Å². The normalized spacial score (nSPS) is 14.3. The lowest BCUT2D eigenvalue weighted by atomic mass is 10.2. The fraction of sp³-hybridized carbons (Fsp3) is 0.444. The lowest BCUT2D eigenvalue weighted by Crippen LogP contribution is -2.26. The highest BCUT2D eigenvalue weighted by molar-refractivity contribution is 8.37. The number of aliphatic carboxylic acids is 1. The Hall–Kier alpha value is -0.950. The Balaban J connectivity index is 2.93. The first-order valence-corrected chi connectivity index (χ1v) is 6.39. The van der Waals surface area contributed by atoms with E-state index in [0.717, 1.165) is 0 Å². The van der Waals surface area contributed by atoms with Crippen LogP contribution in [0.4, 0.5) is 0 Å². The van der Waals surface area contributed by atoms with E-state index in [1.165, 1.54) is 23.5 Å². The summed E-state index contributed by atoms with van der Waals surface area (Å²) in [6, 6.07) is 0. The Morgan fingerprint density at radius 3 is 2.19 bits per heavy atom. The monoisotopic (exact) mass is 262 g/mol.